The van der Waals surface area contributed by atoms with Crippen molar-refractivity contribution in [1.29, 1.82) is 0 Å². The van der Waals surface area contributed by atoms with Crippen LogP contribution in [0.1, 0.15) is 49.4 Å². The van der Waals surface area contributed by atoms with Crippen LogP contribution in [0.3, 0.4) is 0 Å². The van der Waals surface area contributed by atoms with Crippen LogP contribution >= 0.6 is 11.6 Å². The molecule has 2 aromatic rings. The summed E-state index contributed by atoms with van der Waals surface area (Å²) in [6, 6.07) is 8.56. The highest BCUT2D eigenvalue weighted by molar-refractivity contribution is 7.92. The highest BCUT2D eigenvalue weighted by atomic mass is 35.5. The molecule has 0 unspecified atom stereocenters. The zero-order valence-corrected chi connectivity index (χ0v) is 18.9. The van der Waals surface area contributed by atoms with Crippen molar-refractivity contribution in [3.63, 3.8) is 0 Å². The second kappa shape index (κ2) is 8.94. The molecule has 0 saturated heterocycles. The van der Waals surface area contributed by atoms with Crippen molar-refractivity contribution < 1.29 is 17.6 Å². The van der Waals surface area contributed by atoms with Crippen molar-refractivity contribution >= 4 is 33.2 Å². The van der Waals surface area contributed by atoms with Gasteiger partial charge in [-0.3, -0.25) is 9.10 Å². The molecule has 3 rings (SSSR count). The summed E-state index contributed by atoms with van der Waals surface area (Å²) in [6.07, 6.45) is 4.52. The van der Waals surface area contributed by atoms with Gasteiger partial charge in [0.05, 0.1) is 23.0 Å². The van der Waals surface area contributed by atoms with Gasteiger partial charge in [0.2, 0.25) is 15.9 Å². The predicted octanol–water partition coefficient (Wildman–Crippen LogP) is 4.39. The minimum atomic E-state index is -3.82. The minimum absolute atomic E-state index is 0.149. The van der Waals surface area contributed by atoms with Gasteiger partial charge >= 0.3 is 0 Å². The van der Waals surface area contributed by atoms with Gasteiger partial charge in [0.1, 0.15) is 11.9 Å². The van der Waals surface area contributed by atoms with E-state index in [2.05, 4.69) is 17.4 Å². The lowest BCUT2D eigenvalue weighted by atomic mass is 10.0. The Hall–Kier alpha value is -2.12. The Balaban J connectivity index is 1.86. The molecule has 1 amide bonds. The van der Waals surface area contributed by atoms with E-state index in [1.54, 1.807) is 6.92 Å². The monoisotopic (exact) mass is 452 g/mol. The first-order chi connectivity index (χ1) is 14.1. The number of nitrogens with one attached hydrogen (secondary N) is 1. The molecule has 2 aromatic carbocycles. The van der Waals surface area contributed by atoms with Gasteiger partial charge in [-0.1, -0.05) is 36.7 Å². The largest absolute Gasteiger partial charge is 0.348 e. The third kappa shape index (κ3) is 4.78. The Morgan fingerprint density at radius 3 is 2.53 bits per heavy atom. The Morgan fingerprint density at radius 1 is 1.20 bits per heavy atom. The van der Waals surface area contributed by atoms with E-state index < -0.39 is 27.8 Å². The van der Waals surface area contributed by atoms with E-state index in [9.17, 15) is 17.6 Å². The van der Waals surface area contributed by atoms with Gasteiger partial charge in [-0.2, -0.15) is 0 Å². The number of sulfonamides is 1. The maximum atomic E-state index is 13.6. The summed E-state index contributed by atoms with van der Waals surface area (Å²) in [4.78, 5) is 13.1. The fourth-order valence-electron chi connectivity index (χ4n) is 3.94. The average Bonchev–Trinajstić information content (AvgIpc) is 3.15. The number of amides is 1. The topological polar surface area (TPSA) is 66.5 Å². The van der Waals surface area contributed by atoms with Crippen molar-refractivity contribution in [2.24, 2.45) is 0 Å². The number of carbonyl (C=O) groups is 1. The second-order valence-electron chi connectivity index (χ2n) is 7.69. The molecule has 0 fully saturated rings. The van der Waals surface area contributed by atoms with E-state index in [-0.39, 0.29) is 23.2 Å². The predicted molar refractivity (Wildman–Crippen MR) is 118 cm³/mol. The molecule has 0 heterocycles. The van der Waals surface area contributed by atoms with Crippen LogP contribution in [0.5, 0.6) is 0 Å². The number of hydrogen-bond acceptors (Lipinski definition) is 3. The Kier molecular flexibility index (Phi) is 6.72. The fourth-order valence-corrected chi connectivity index (χ4v) is 5.31. The zero-order chi connectivity index (χ0) is 22.1. The highest BCUT2D eigenvalue weighted by Gasteiger charge is 2.32. The van der Waals surface area contributed by atoms with Crippen molar-refractivity contribution in [2.45, 2.75) is 51.6 Å². The number of carbonyl (C=O) groups excluding carboxylic acids is 1. The zero-order valence-electron chi connectivity index (χ0n) is 17.3. The minimum Gasteiger partial charge on any atom is -0.348 e. The first-order valence-electron chi connectivity index (χ1n) is 9.98. The first kappa shape index (κ1) is 22.6. The van der Waals surface area contributed by atoms with E-state index >= 15 is 0 Å². The molecule has 0 aliphatic heterocycles. The summed E-state index contributed by atoms with van der Waals surface area (Å²) in [5.41, 5.74) is 3.78. The van der Waals surface area contributed by atoms with Crippen LogP contribution in [0.25, 0.3) is 0 Å². The van der Waals surface area contributed by atoms with E-state index in [0.29, 0.717) is 0 Å². The Bertz CT molecular complexity index is 1060. The van der Waals surface area contributed by atoms with Crippen molar-refractivity contribution in [3.05, 3.63) is 63.9 Å². The van der Waals surface area contributed by atoms with E-state index in [4.69, 9.17) is 11.6 Å². The molecule has 0 saturated carbocycles. The summed E-state index contributed by atoms with van der Waals surface area (Å²) < 4.78 is 39.6. The maximum absolute atomic E-state index is 13.6. The fraction of sp³-hybridized carbons (Fsp3) is 0.409. The summed E-state index contributed by atoms with van der Waals surface area (Å²) in [7, 11) is -3.82. The molecular weight excluding hydrogens is 427 g/mol. The molecule has 1 N–H and O–H groups in total. The molecule has 0 spiro atoms. The van der Waals surface area contributed by atoms with Gasteiger partial charge in [0.15, 0.2) is 0 Å². The number of aryl methyl sites for hydroxylation is 2. The highest BCUT2D eigenvalue weighted by Crippen LogP contribution is 2.28. The van der Waals surface area contributed by atoms with Crippen LogP contribution in [0.4, 0.5) is 10.1 Å². The van der Waals surface area contributed by atoms with Crippen LogP contribution < -0.4 is 9.62 Å². The second-order valence-corrected chi connectivity index (χ2v) is 9.96. The third-order valence-corrected chi connectivity index (χ3v) is 6.94. The van der Waals surface area contributed by atoms with E-state index in [0.717, 1.165) is 41.5 Å². The molecule has 1 aliphatic carbocycles. The number of hydrogen-bond donors (Lipinski definition) is 1. The van der Waals surface area contributed by atoms with Crippen LogP contribution in [-0.4, -0.2) is 26.6 Å². The summed E-state index contributed by atoms with van der Waals surface area (Å²) in [5, 5.41) is 2.73. The molecule has 30 heavy (non-hydrogen) atoms. The quantitative estimate of drug-likeness (QED) is 0.677. The standard InChI is InChI=1S/C22H26ClFN2O3S/c1-4-21(26(30(3,28)29)18-10-11-20(24)19(23)13-18)22(27)25-14(2)16-9-8-15-6-5-7-17(15)12-16/h8-14,21H,4-7H2,1-3H3,(H,25,27)/t14-,21+/m1/s1. The lowest BCUT2D eigenvalue weighted by Gasteiger charge is -2.31. The third-order valence-electron chi connectivity index (χ3n) is 5.47. The molecule has 8 heteroatoms. The van der Waals surface area contributed by atoms with Crippen LogP contribution in [0.2, 0.25) is 5.02 Å². The smallest absolute Gasteiger partial charge is 0.244 e. The van der Waals surface area contributed by atoms with Gasteiger partial charge in [0, 0.05) is 0 Å². The molecule has 0 radical (unpaired) electrons. The Morgan fingerprint density at radius 2 is 1.90 bits per heavy atom. The lowest BCUT2D eigenvalue weighted by molar-refractivity contribution is -0.122. The van der Waals surface area contributed by atoms with Gasteiger partial charge in [0.25, 0.3) is 0 Å². The van der Waals surface area contributed by atoms with E-state index in [1.165, 1.54) is 23.3 Å². The number of fused-ring (bicyclic) bond motifs is 1. The summed E-state index contributed by atoms with van der Waals surface area (Å²) in [6.45, 7) is 3.61. The summed E-state index contributed by atoms with van der Waals surface area (Å²) >= 11 is 5.85. The normalized spacial score (nSPS) is 15.4. The van der Waals surface area contributed by atoms with Crippen LogP contribution in [0, 0.1) is 5.82 Å². The lowest BCUT2D eigenvalue weighted by Crippen LogP contribution is -2.49. The Labute approximate surface area is 182 Å². The molecule has 0 bridgehead atoms. The number of rotatable bonds is 7. The average molecular weight is 453 g/mol. The molecule has 162 valence electrons. The number of halogens is 2. The van der Waals surface area contributed by atoms with Crippen LogP contribution in [-0.2, 0) is 27.7 Å². The van der Waals surface area contributed by atoms with Crippen molar-refractivity contribution in [1.82, 2.24) is 5.32 Å². The van der Waals surface area contributed by atoms with Gasteiger partial charge in [-0.25, -0.2) is 12.8 Å². The molecule has 2 atom stereocenters. The van der Waals surface area contributed by atoms with Crippen LogP contribution in [0.15, 0.2) is 36.4 Å². The number of benzene rings is 2. The van der Waals surface area contributed by atoms with Gasteiger partial charge in [-0.15, -0.1) is 0 Å². The molecular formula is C22H26ClFN2O3S. The molecule has 5 nitrogen and oxygen atoms in total. The van der Waals surface area contributed by atoms with Gasteiger partial charge < -0.3 is 5.32 Å². The summed E-state index contributed by atoms with van der Waals surface area (Å²) in [5.74, 6) is -1.08. The number of anilines is 1. The van der Waals surface area contributed by atoms with Crippen molar-refractivity contribution in [3.8, 4) is 0 Å². The molecule has 1 aliphatic rings. The SMILES string of the molecule is CC[C@@H](C(=O)N[C@H](C)c1ccc2c(c1)CCC2)N(c1ccc(F)c(Cl)c1)S(C)(=O)=O. The first-order valence-corrected chi connectivity index (χ1v) is 12.2. The van der Waals surface area contributed by atoms with E-state index in [1.807, 2.05) is 13.0 Å². The van der Waals surface area contributed by atoms with Crippen molar-refractivity contribution in [2.75, 3.05) is 10.6 Å². The number of nitrogens with zero attached hydrogens (tertiary/aromatic N) is 1. The molecule has 0 aromatic heterocycles. The van der Waals surface area contributed by atoms with Gasteiger partial charge in [-0.05, 0) is 67.5 Å². The maximum Gasteiger partial charge on any atom is 0.244 e.